The zero-order valence-electron chi connectivity index (χ0n) is 19.2. The third-order valence-electron chi connectivity index (χ3n) is 7.01. The van der Waals surface area contributed by atoms with E-state index in [4.69, 9.17) is 11.6 Å². The smallest absolute Gasteiger partial charge is 0.223 e. The van der Waals surface area contributed by atoms with Crippen molar-refractivity contribution in [3.05, 3.63) is 69.7 Å². The molecule has 2 aliphatic rings. The quantitative estimate of drug-likeness (QED) is 0.594. The molecule has 2 aromatic carbocycles. The predicted molar refractivity (Wildman–Crippen MR) is 133 cm³/mol. The lowest BCUT2D eigenvalue weighted by Crippen LogP contribution is -2.44. The molecular weight excluding hydrogens is 456 g/mol. The van der Waals surface area contributed by atoms with Gasteiger partial charge in [0.2, 0.25) is 15.9 Å². The van der Waals surface area contributed by atoms with E-state index in [9.17, 15) is 13.2 Å². The van der Waals surface area contributed by atoms with Crippen molar-refractivity contribution in [1.29, 1.82) is 0 Å². The predicted octanol–water partition coefficient (Wildman–Crippen LogP) is 5.03. The second kappa shape index (κ2) is 10.6. The molecule has 5 nitrogen and oxygen atoms in total. The van der Waals surface area contributed by atoms with Crippen LogP contribution < -0.4 is 5.32 Å². The number of halogens is 1. The first kappa shape index (κ1) is 24.2. The van der Waals surface area contributed by atoms with Gasteiger partial charge >= 0.3 is 0 Å². The van der Waals surface area contributed by atoms with E-state index in [0.717, 1.165) is 19.3 Å². The summed E-state index contributed by atoms with van der Waals surface area (Å²) in [6.07, 6.45) is 6.66. The number of carbonyl (C=O) groups is 1. The van der Waals surface area contributed by atoms with Crippen molar-refractivity contribution in [1.82, 2.24) is 9.62 Å². The second-order valence-electron chi connectivity index (χ2n) is 9.23. The molecule has 1 aliphatic heterocycles. The van der Waals surface area contributed by atoms with Crippen LogP contribution in [-0.2, 0) is 33.4 Å². The summed E-state index contributed by atoms with van der Waals surface area (Å²) in [6.45, 7) is 2.81. The Morgan fingerprint density at radius 2 is 1.79 bits per heavy atom. The monoisotopic (exact) mass is 488 g/mol. The molecule has 1 saturated heterocycles. The molecule has 1 N–H and O–H groups in total. The van der Waals surface area contributed by atoms with Crippen LogP contribution in [0.3, 0.4) is 0 Å². The normalized spacial score (nSPS) is 18.5. The van der Waals surface area contributed by atoms with Crippen LogP contribution in [0.25, 0.3) is 0 Å². The van der Waals surface area contributed by atoms with Gasteiger partial charge in [-0.2, -0.15) is 0 Å². The van der Waals surface area contributed by atoms with Crippen LogP contribution in [0.2, 0.25) is 5.02 Å². The molecule has 1 amide bonds. The number of piperidine rings is 1. The summed E-state index contributed by atoms with van der Waals surface area (Å²) >= 11 is 6.15. The van der Waals surface area contributed by atoms with Crippen molar-refractivity contribution in [3.8, 4) is 0 Å². The maximum absolute atomic E-state index is 13.0. The number of aryl methyl sites for hydroxylation is 2. The third-order valence-corrected chi connectivity index (χ3v) is 9.21. The number of sulfonamides is 1. The Morgan fingerprint density at radius 3 is 2.48 bits per heavy atom. The number of hydrogen-bond donors (Lipinski definition) is 1. The van der Waals surface area contributed by atoms with E-state index >= 15 is 0 Å². The number of nitrogens with one attached hydrogen (secondary N) is 1. The molecule has 0 bridgehead atoms. The van der Waals surface area contributed by atoms with Gasteiger partial charge in [0.05, 0.1) is 11.8 Å². The van der Waals surface area contributed by atoms with Crippen LogP contribution in [0, 0.1) is 5.92 Å². The zero-order chi connectivity index (χ0) is 23.4. The van der Waals surface area contributed by atoms with E-state index in [1.807, 2.05) is 0 Å². The van der Waals surface area contributed by atoms with E-state index in [1.54, 1.807) is 24.3 Å². The van der Waals surface area contributed by atoms with Crippen LogP contribution in [0.5, 0.6) is 0 Å². The molecule has 1 unspecified atom stereocenters. The standard InChI is InChI=1S/C26H33ClN2O3S/c1-2-25(22-12-11-19-7-3-4-8-21(19)17-22)28-26(30)20-13-15-29(16-14-20)33(31,32)18-23-9-5-6-10-24(23)27/h5-6,9-12,17,20,25H,2-4,7-8,13-16,18H2,1H3,(H,28,30). The molecule has 1 heterocycles. The first-order valence-electron chi connectivity index (χ1n) is 12.0. The first-order valence-corrected chi connectivity index (χ1v) is 14.0. The van der Waals surface area contributed by atoms with Gasteiger partial charge in [-0.15, -0.1) is 0 Å². The SMILES string of the molecule is CCC(NC(=O)C1CCN(S(=O)(=O)Cc2ccccc2Cl)CC1)c1ccc2c(c1)CCCC2. The lowest BCUT2D eigenvalue weighted by Gasteiger charge is -2.31. The minimum Gasteiger partial charge on any atom is -0.349 e. The molecule has 1 fully saturated rings. The fraction of sp³-hybridized carbons (Fsp3) is 0.500. The summed E-state index contributed by atoms with van der Waals surface area (Å²) in [4.78, 5) is 13.0. The highest BCUT2D eigenvalue weighted by atomic mass is 35.5. The highest BCUT2D eigenvalue weighted by molar-refractivity contribution is 7.88. The van der Waals surface area contributed by atoms with Crippen LogP contribution in [0.15, 0.2) is 42.5 Å². The van der Waals surface area contributed by atoms with Gasteiger partial charge in [0.15, 0.2) is 0 Å². The van der Waals surface area contributed by atoms with Crippen molar-refractivity contribution < 1.29 is 13.2 Å². The van der Waals surface area contributed by atoms with Crippen molar-refractivity contribution in [2.45, 2.75) is 63.7 Å². The van der Waals surface area contributed by atoms with Crippen molar-refractivity contribution in [3.63, 3.8) is 0 Å². The molecule has 33 heavy (non-hydrogen) atoms. The number of benzene rings is 2. The summed E-state index contributed by atoms with van der Waals surface area (Å²) in [7, 11) is -3.47. The Hall–Kier alpha value is -1.89. The van der Waals surface area contributed by atoms with Crippen LogP contribution in [0.4, 0.5) is 0 Å². The Labute approximate surface area is 202 Å². The lowest BCUT2D eigenvalue weighted by molar-refractivity contribution is -0.126. The first-order chi connectivity index (χ1) is 15.9. The number of nitrogens with zero attached hydrogens (tertiary/aromatic N) is 1. The molecule has 2 aromatic rings. The molecule has 7 heteroatoms. The lowest BCUT2D eigenvalue weighted by atomic mass is 9.88. The summed E-state index contributed by atoms with van der Waals surface area (Å²) in [6, 6.07) is 13.7. The van der Waals surface area contributed by atoms with Crippen LogP contribution in [0.1, 0.15) is 67.3 Å². The van der Waals surface area contributed by atoms with Gasteiger partial charge in [0, 0.05) is 24.0 Å². The average Bonchev–Trinajstić information content (AvgIpc) is 2.83. The van der Waals surface area contributed by atoms with Crippen LogP contribution in [-0.4, -0.2) is 31.7 Å². The van der Waals surface area contributed by atoms with Gasteiger partial charge in [-0.1, -0.05) is 54.9 Å². The fourth-order valence-electron chi connectivity index (χ4n) is 4.98. The molecule has 0 spiro atoms. The van der Waals surface area contributed by atoms with Gasteiger partial charge in [0.25, 0.3) is 0 Å². The van der Waals surface area contributed by atoms with E-state index in [1.165, 1.54) is 33.8 Å². The molecule has 1 atom stereocenters. The maximum atomic E-state index is 13.0. The Balaban J connectivity index is 1.34. The highest BCUT2D eigenvalue weighted by Gasteiger charge is 2.32. The Bertz CT molecular complexity index is 1090. The topological polar surface area (TPSA) is 66.5 Å². The molecule has 0 radical (unpaired) electrons. The number of fused-ring (bicyclic) bond motifs is 1. The summed E-state index contributed by atoms with van der Waals surface area (Å²) in [5.74, 6) is -0.245. The van der Waals surface area contributed by atoms with Gasteiger partial charge < -0.3 is 5.32 Å². The van der Waals surface area contributed by atoms with Gasteiger partial charge in [-0.3, -0.25) is 4.79 Å². The second-order valence-corrected chi connectivity index (χ2v) is 11.6. The Kier molecular flexibility index (Phi) is 7.77. The van der Waals surface area contributed by atoms with E-state index in [2.05, 4.69) is 30.4 Å². The molecular formula is C26H33ClN2O3S. The van der Waals surface area contributed by atoms with Crippen molar-refractivity contribution in [2.75, 3.05) is 13.1 Å². The maximum Gasteiger partial charge on any atom is 0.223 e. The van der Waals surface area contributed by atoms with E-state index in [-0.39, 0.29) is 23.6 Å². The average molecular weight is 489 g/mol. The molecule has 1 aliphatic carbocycles. The van der Waals surface area contributed by atoms with E-state index < -0.39 is 10.0 Å². The number of amides is 1. The van der Waals surface area contributed by atoms with Gasteiger partial charge in [-0.25, -0.2) is 12.7 Å². The minimum absolute atomic E-state index is 0.00767. The highest BCUT2D eigenvalue weighted by Crippen LogP contribution is 2.28. The van der Waals surface area contributed by atoms with Crippen molar-refractivity contribution >= 4 is 27.5 Å². The molecule has 4 rings (SSSR count). The summed E-state index contributed by atoms with van der Waals surface area (Å²) < 4.78 is 27.3. The van der Waals surface area contributed by atoms with Crippen molar-refractivity contribution in [2.24, 2.45) is 5.92 Å². The largest absolute Gasteiger partial charge is 0.349 e. The fourth-order valence-corrected chi connectivity index (χ4v) is 6.86. The Morgan fingerprint density at radius 1 is 1.09 bits per heavy atom. The minimum atomic E-state index is -3.47. The summed E-state index contributed by atoms with van der Waals surface area (Å²) in [5.41, 5.74) is 4.64. The number of rotatable bonds is 7. The molecule has 178 valence electrons. The number of carbonyl (C=O) groups excluding carboxylic acids is 1. The molecule has 0 aromatic heterocycles. The van der Waals surface area contributed by atoms with Gasteiger partial charge in [-0.05, 0) is 73.3 Å². The third kappa shape index (κ3) is 5.79. The van der Waals surface area contributed by atoms with E-state index in [0.29, 0.717) is 36.5 Å². The molecule has 0 saturated carbocycles. The number of hydrogen-bond acceptors (Lipinski definition) is 3. The zero-order valence-corrected chi connectivity index (χ0v) is 20.8. The van der Waals surface area contributed by atoms with Gasteiger partial charge in [0.1, 0.15) is 0 Å². The van der Waals surface area contributed by atoms with Crippen LogP contribution >= 0.6 is 11.6 Å². The summed E-state index contributed by atoms with van der Waals surface area (Å²) in [5, 5.41) is 3.70.